The molecule has 1 aliphatic heterocycles. The Labute approximate surface area is 131 Å². The predicted molar refractivity (Wildman–Crippen MR) is 80.9 cm³/mol. The van der Waals surface area contributed by atoms with E-state index >= 15 is 0 Å². The van der Waals surface area contributed by atoms with Crippen LogP contribution in [0.15, 0.2) is 0 Å². The fraction of sp³-hybridized carbons (Fsp3) is 0.812. The summed E-state index contributed by atoms with van der Waals surface area (Å²) >= 11 is 0. The highest BCUT2D eigenvalue weighted by molar-refractivity contribution is 6.05. The SMILES string of the molecule is CCOCCCNC(=O)CCN1C(=O)C2CCCCC2C1=O. The van der Waals surface area contributed by atoms with Crippen molar-refractivity contribution in [2.75, 3.05) is 26.3 Å². The van der Waals surface area contributed by atoms with Crippen molar-refractivity contribution in [3.8, 4) is 0 Å². The summed E-state index contributed by atoms with van der Waals surface area (Å²) in [6, 6.07) is 0. The first-order valence-corrected chi connectivity index (χ1v) is 8.34. The molecule has 2 rings (SSSR count). The number of amides is 3. The van der Waals surface area contributed by atoms with Crippen LogP contribution in [-0.2, 0) is 19.1 Å². The quantitative estimate of drug-likeness (QED) is 0.538. The van der Waals surface area contributed by atoms with E-state index in [9.17, 15) is 14.4 Å². The van der Waals surface area contributed by atoms with Gasteiger partial charge in [-0.05, 0) is 26.2 Å². The van der Waals surface area contributed by atoms with E-state index in [2.05, 4.69) is 5.32 Å². The van der Waals surface area contributed by atoms with Gasteiger partial charge in [-0.15, -0.1) is 0 Å². The van der Waals surface area contributed by atoms with Gasteiger partial charge in [-0.3, -0.25) is 19.3 Å². The molecule has 1 N–H and O–H groups in total. The highest BCUT2D eigenvalue weighted by Crippen LogP contribution is 2.37. The minimum atomic E-state index is -0.129. The maximum Gasteiger partial charge on any atom is 0.233 e. The first-order chi connectivity index (χ1) is 10.6. The molecule has 0 aromatic rings. The number of carbonyl (C=O) groups is 3. The van der Waals surface area contributed by atoms with E-state index in [-0.39, 0.29) is 42.5 Å². The third kappa shape index (κ3) is 4.06. The number of nitrogens with zero attached hydrogens (tertiary/aromatic N) is 1. The van der Waals surface area contributed by atoms with Crippen LogP contribution >= 0.6 is 0 Å². The molecule has 0 aromatic heterocycles. The Bertz CT molecular complexity index is 400. The van der Waals surface area contributed by atoms with Crippen LogP contribution in [-0.4, -0.2) is 48.9 Å². The molecule has 0 spiro atoms. The van der Waals surface area contributed by atoms with Crippen molar-refractivity contribution in [1.82, 2.24) is 10.2 Å². The molecule has 0 radical (unpaired) electrons. The van der Waals surface area contributed by atoms with Gasteiger partial charge in [0.2, 0.25) is 17.7 Å². The van der Waals surface area contributed by atoms with Gasteiger partial charge in [-0.1, -0.05) is 12.8 Å². The molecule has 2 atom stereocenters. The lowest BCUT2D eigenvalue weighted by Crippen LogP contribution is -2.35. The fourth-order valence-corrected chi connectivity index (χ4v) is 3.30. The second-order valence-corrected chi connectivity index (χ2v) is 5.98. The summed E-state index contributed by atoms with van der Waals surface area (Å²) in [7, 11) is 0. The van der Waals surface area contributed by atoms with Crippen LogP contribution in [0.3, 0.4) is 0 Å². The Hall–Kier alpha value is -1.43. The van der Waals surface area contributed by atoms with Gasteiger partial charge in [0, 0.05) is 32.7 Å². The second-order valence-electron chi connectivity index (χ2n) is 5.98. The van der Waals surface area contributed by atoms with E-state index in [1.54, 1.807) is 0 Å². The molecular formula is C16H26N2O4. The largest absolute Gasteiger partial charge is 0.382 e. The first-order valence-electron chi connectivity index (χ1n) is 8.34. The van der Waals surface area contributed by atoms with E-state index in [1.807, 2.05) is 6.92 Å². The molecule has 22 heavy (non-hydrogen) atoms. The highest BCUT2D eigenvalue weighted by Gasteiger charge is 2.47. The molecule has 1 saturated carbocycles. The monoisotopic (exact) mass is 310 g/mol. The topological polar surface area (TPSA) is 75.7 Å². The highest BCUT2D eigenvalue weighted by atomic mass is 16.5. The third-order valence-corrected chi connectivity index (χ3v) is 4.49. The minimum absolute atomic E-state index is 0.0705. The standard InChI is InChI=1S/C16H26N2O4/c1-2-22-11-5-9-17-14(19)8-10-18-15(20)12-6-3-4-7-13(12)16(18)21/h12-13H,2-11H2,1H3,(H,17,19). The van der Waals surface area contributed by atoms with Gasteiger partial charge in [0.1, 0.15) is 0 Å². The van der Waals surface area contributed by atoms with Crippen molar-refractivity contribution in [3.05, 3.63) is 0 Å². The molecule has 1 aliphatic carbocycles. The molecule has 1 heterocycles. The molecule has 6 heteroatoms. The van der Waals surface area contributed by atoms with E-state index in [1.165, 1.54) is 4.90 Å². The van der Waals surface area contributed by atoms with Gasteiger partial charge in [0.05, 0.1) is 11.8 Å². The number of likely N-dealkylation sites (tertiary alicyclic amines) is 1. The molecule has 2 aliphatic rings. The molecular weight excluding hydrogens is 284 g/mol. The minimum Gasteiger partial charge on any atom is -0.382 e. The molecule has 0 aromatic carbocycles. The Morgan fingerprint density at radius 3 is 2.45 bits per heavy atom. The lowest BCUT2D eigenvalue weighted by molar-refractivity contribution is -0.140. The third-order valence-electron chi connectivity index (χ3n) is 4.49. The van der Waals surface area contributed by atoms with Crippen LogP contribution < -0.4 is 5.32 Å². The molecule has 2 fully saturated rings. The van der Waals surface area contributed by atoms with Gasteiger partial charge in [0.15, 0.2) is 0 Å². The van der Waals surface area contributed by atoms with Crippen LogP contribution in [0.4, 0.5) is 0 Å². The van der Waals surface area contributed by atoms with Crippen LogP contribution in [0.25, 0.3) is 0 Å². The Kier molecular flexibility index (Phi) is 6.36. The van der Waals surface area contributed by atoms with Crippen LogP contribution in [0.1, 0.15) is 45.4 Å². The summed E-state index contributed by atoms with van der Waals surface area (Å²) in [5.74, 6) is -0.518. The smallest absolute Gasteiger partial charge is 0.233 e. The average molecular weight is 310 g/mol. The predicted octanol–water partition coefficient (Wildman–Crippen LogP) is 1.09. The number of rotatable bonds is 8. The fourth-order valence-electron chi connectivity index (χ4n) is 3.30. The number of carbonyl (C=O) groups excluding carboxylic acids is 3. The molecule has 2 unspecified atom stereocenters. The zero-order chi connectivity index (χ0) is 15.9. The number of fused-ring (bicyclic) bond motifs is 1. The van der Waals surface area contributed by atoms with Crippen molar-refractivity contribution in [2.24, 2.45) is 11.8 Å². The molecule has 3 amide bonds. The number of hydrogen-bond acceptors (Lipinski definition) is 4. The molecule has 124 valence electrons. The van der Waals surface area contributed by atoms with E-state index in [4.69, 9.17) is 4.74 Å². The van der Waals surface area contributed by atoms with Crippen LogP contribution in [0, 0.1) is 11.8 Å². The number of nitrogens with one attached hydrogen (secondary N) is 1. The summed E-state index contributed by atoms with van der Waals surface area (Å²) in [6.45, 7) is 4.01. The summed E-state index contributed by atoms with van der Waals surface area (Å²) in [5.41, 5.74) is 0. The second kappa shape index (κ2) is 8.27. The summed E-state index contributed by atoms with van der Waals surface area (Å²) in [5, 5.41) is 2.79. The zero-order valence-corrected chi connectivity index (χ0v) is 13.3. The van der Waals surface area contributed by atoms with Crippen molar-refractivity contribution in [1.29, 1.82) is 0 Å². The van der Waals surface area contributed by atoms with Crippen LogP contribution in [0.5, 0.6) is 0 Å². The maximum absolute atomic E-state index is 12.3. The van der Waals surface area contributed by atoms with Gasteiger partial charge in [-0.2, -0.15) is 0 Å². The Morgan fingerprint density at radius 1 is 1.23 bits per heavy atom. The molecule has 6 nitrogen and oxygen atoms in total. The van der Waals surface area contributed by atoms with Gasteiger partial charge < -0.3 is 10.1 Å². The van der Waals surface area contributed by atoms with Crippen molar-refractivity contribution < 1.29 is 19.1 Å². The van der Waals surface area contributed by atoms with E-state index in [0.29, 0.717) is 19.8 Å². The lowest BCUT2D eigenvalue weighted by atomic mass is 9.81. The van der Waals surface area contributed by atoms with Crippen LogP contribution in [0.2, 0.25) is 0 Å². The lowest BCUT2D eigenvalue weighted by Gasteiger charge is -2.19. The molecule has 1 saturated heterocycles. The van der Waals surface area contributed by atoms with E-state index in [0.717, 1.165) is 32.1 Å². The number of imide groups is 1. The zero-order valence-electron chi connectivity index (χ0n) is 13.3. The van der Waals surface area contributed by atoms with Gasteiger partial charge in [-0.25, -0.2) is 0 Å². The average Bonchev–Trinajstić information content (AvgIpc) is 2.77. The Balaban J connectivity index is 1.71. The van der Waals surface area contributed by atoms with Crippen molar-refractivity contribution in [3.63, 3.8) is 0 Å². The molecule has 0 bridgehead atoms. The maximum atomic E-state index is 12.3. The van der Waals surface area contributed by atoms with Gasteiger partial charge in [0.25, 0.3) is 0 Å². The first kappa shape index (κ1) is 16.9. The number of ether oxygens (including phenoxy) is 1. The normalized spacial score (nSPS) is 24.5. The van der Waals surface area contributed by atoms with Crippen molar-refractivity contribution >= 4 is 17.7 Å². The van der Waals surface area contributed by atoms with Crippen molar-refractivity contribution in [2.45, 2.75) is 45.4 Å². The number of hydrogen-bond donors (Lipinski definition) is 1. The summed E-state index contributed by atoms with van der Waals surface area (Å²) in [4.78, 5) is 37.6. The summed E-state index contributed by atoms with van der Waals surface area (Å²) < 4.78 is 5.19. The van der Waals surface area contributed by atoms with Gasteiger partial charge >= 0.3 is 0 Å². The van der Waals surface area contributed by atoms with E-state index < -0.39 is 0 Å². The Morgan fingerprint density at radius 2 is 1.86 bits per heavy atom. The summed E-state index contributed by atoms with van der Waals surface area (Å²) in [6.07, 6.45) is 4.63.